The fourth-order valence-electron chi connectivity index (χ4n) is 2.36. The van der Waals surface area contributed by atoms with E-state index in [9.17, 15) is 0 Å². The molecule has 0 bridgehead atoms. The molecule has 0 N–H and O–H groups in total. The van der Waals surface area contributed by atoms with Gasteiger partial charge in [-0.1, -0.05) is 42.3 Å². The van der Waals surface area contributed by atoms with E-state index in [1.54, 1.807) is 6.08 Å². The minimum absolute atomic E-state index is 0. The minimum atomic E-state index is 0. The second-order valence-corrected chi connectivity index (χ2v) is 7.24. The summed E-state index contributed by atoms with van der Waals surface area (Å²) >= 11 is 2.08. The first-order valence-corrected chi connectivity index (χ1v) is 8.46. The third kappa shape index (κ3) is 7.74. The summed E-state index contributed by atoms with van der Waals surface area (Å²) < 4.78 is 1.42. The van der Waals surface area contributed by atoms with Gasteiger partial charge >= 0.3 is 37.6 Å². The molecule has 0 fully saturated rings. The Morgan fingerprint density at radius 2 is 1.68 bits per heavy atom. The van der Waals surface area contributed by atoms with Gasteiger partial charge in [0.15, 0.2) is 0 Å². The van der Waals surface area contributed by atoms with Gasteiger partial charge in [0.25, 0.3) is 0 Å². The number of hydrogen-bond donors (Lipinski definition) is 0. The van der Waals surface area contributed by atoms with Gasteiger partial charge in [0.05, 0.1) is 0 Å². The Kier molecular flexibility index (Phi) is 11.7. The van der Waals surface area contributed by atoms with E-state index in [-0.39, 0.29) is 24.8 Å². The van der Waals surface area contributed by atoms with E-state index in [4.69, 9.17) is 0 Å². The summed E-state index contributed by atoms with van der Waals surface area (Å²) in [5.41, 5.74) is 9.55. The zero-order valence-corrected chi connectivity index (χ0v) is 17.7. The van der Waals surface area contributed by atoms with Crippen LogP contribution >= 0.6 is 0 Å². The molecule has 0 amide bonds. The van der Waals surface area contributed by atoms with Crippen molar-refractivity contribution in [2.24, 2.45) is 0 Å². The van der Waals surface area contributed by atoms with Crippen LogP contribution in [0, 0.1) is 12.1 Å². The summed E-state index contributed by atoms with van der Waals surface area (Å²) in [6, 6.07) is 18.1. The van der Waals surface area contributed by atoms with Crippen LogP contribution in [0.4, 0.5) is 0 Å². The van der Waals surface area contributed by atoms with Crippen molar-refractivity contribution in [3.05, 3.63) is 89.2 Å². The van der Waals surface area contributed by atoms with Crippen molar-refractivity contribution in [3.8, 4) is 11.1 Å². The first-order valence-electron chi connectivity index (χ1n) is 7.68. The van der Waals surface area contributed by atoms with E-state index >= 15 is 0 Å². The fraction of sp³-hybridized carbons (Fsp3) is 0.182. The maximum Gasteiger partial charge on any atom is -0.0253 e. The molecule has 4 rings (SSSR count). The normalized spacial score (nSPS) is 11.3. The van der Waals surface area contributed by atoms with Crippen LogP contribution in [0.1, 0.15) is 31.9 Å². The van der Waals surface area contributed by atoms with Crippen LogP contribution < -0.4 is 24.8 Å². The second kappa shape index (κ2) is 12.3. The van der Waals surface area contributed by atoms with Gasteiger partial charge in [-0.05, 0) is 6.42 Å². The number of fused-ring (bicyclic) bond motifs is 3. The molecule has 0 spiro atoms. The topological polar surface area (TPSA) is 0 Å². The van der Waals surface area contributed by atoms with Crippen LogP contribution in [-0.4, -0.2) is 3.81 Å². The number of hydrogen-bond acceptors (Lipinski definition) is 0. The molecule has 25 heavy (non-hydrogen) atoms. The largest absolute Gasteiger partial charge is 1.00 e. The van der Waals surface area contributed by atoms with Crippen LogP contribution in [0.5, 0.6) is 0 Å². The predicted octanol–water partition coefficient (Wildman–Crippen LogP) is -0.728. The summed E-state index contributed by atoms with van der Waals surface area (Å²) in [7, 11) is 0. The van der Waals surface area contributed by atoms with Gasteiger partial charge < -0.3 is 30.5 Å². The first-order chi connectivity index (χ1) is 11.1. The molecule has 2 aliphatic carbocycles. The molecule has 128 valence electrons. The molecule has 2 aromatic rings. The van der Waals surface area contributed by atoms with Gasteiger partial charge in [-0.2, -0.15) is 53.6 Å². The Balaban J connectivity index is 0.000000410. The van der Waals surface area contributed by atoms with E-state index < -0.39 is 0 Å². The number of allylic oxidation sites excluding steroid dienone is 3. The standard InChI is InChI=1S/C13H9.C6H5.C3H6.2ClH.Ti/c1-3-7-12-10(5-1)9-11-6-2-4-8-13(11)12;1-6-4-2-3-5-6;1-3-2;;;/h1-5,7-8H,9H2;2,5H,1H3;1-2H3;2*1H;/q2*-1;;;;+2/p-2. The SMILES string of the molecule is CC1=[C-]C=C=C1.C[C](C)=[Ti+2].[Cl-].[Cl-].[c-]1cccc2c1Cc1ccccc1-2. The second-order valence-electron chi connectivity index (χ2n) is 5.68. The van der Waals surface area contributed by atoms with Crippen LogP contribution in [-0.2, 0) is 26.4 Å². The molecule has 0 atom stereocenters. The third-order valence-corrected chi connectivity index (χ3v) is 3.30. The Bertz CT molecular complexity index is 750. The minimum Gasteiger partial charge on any atom is -1.00 e. The number of halogens is 2. The summed E-state index contributed by atoms with van der Waals surface area (Å²) in [4.78, 5) is 0. The van der Waals surface area contributed by atoms with E-state index in [1.165, 1.54) is 26.1 Å². The molecule has 0 radical (unpaired) electrons. The van der Waals surface area contributed by atoms with E-state index in [0.29, 0.717) is 0 Å². The molecule has 0 saturated heterocycles. The van der Waals surface area contributed by atoms with E-state index in [2.05, 4.69) is 88.1 Å². The summed E-state index contributed by atoms with van der Waals surface area (Å²) in [6.07, 6.45) is 7.68. The summed E-state index contributed by atoms with van der Waals surface area (Å²) in [5, 5.41) is 0. The Hall–Kier alpha value is -1.14. The van der Waals surface area contributed by atoms with Gasteiger partial charge in [-0.3, -0.25) is 0 Å². The van der Waals surface area contributed by atoms with Crippen LogP contribution in [0.3, 0.4) is 0 Å². The quantitative estimate of drug-likeness (QED) is 0.264. The molecule has 0 saturated carbocycles. The molecular formula is C22H20Cl2Ti-2. The molecule has 3 heteroatoms. The summed E-state index contributed by atoms with van der Waals surface area (Å²) in [5.74, 6) is 0. The molecule has 0 aromatic heterocycles. The van der Waals surface area contributed by atoms with Gasteiger partial charge in [0.2, 0.25) is 0 Å². The maximum absolute atomic E-state index is 3.30. The fourth-order valence-corrected chi connectivity index (χ4v) is 2.36. The van der Waals surface area contributed by atoms with Crippen molar-refractivity contribution in [3.63, 3.8) is 0 Å². The van der Waals surface area contributed by atoms with Crippen LogP contribution in [0.15, 0.2) is 65.9 Å². The van der Waals surface area contributed by atoms with Crippen molar-refractivity contribution in [2.45, 2.75) is 27.2 Å². The van der Waals surface area contributed by atoms with E-state index in [1.807, 2.05) is 19.1 Å². The average Bonchev–Trinajstić information content (AvgIpc) is 3.13. The predicted molar refractivity (Wildman–Crippen MR) is 95.0 cm³/mol. The van der Waals surface area contributed by atoms with Crippen LogP contribution in [0.25, 0.3) is 11.1 Å². The maximum atomic E-state index is 3.30. The Morgan fingerprint density at radius 3 is 2.24 bits per heavy atom. The van der Waals surface area contributed by atoms with Crippen molar-refractivity contribution in [1.82, 2.24) is 0 Å². The van der Waals surface area contributed by atoms with Crippen molar-refractivity contribution in [2.75, 3.05) is 0 Å². The van der Waals surface area contributed by atoms with Crippen LogP contribution in [0.2, 0.25) is 0 Å². The molecule has 2 aromatic carbocycles. The molecule has 0 heterocycles. The molecular weight excluding hydrogens is 383 g/mol. The van der Waals surface area contributed by atoms with Crippen molar-refractivity contribution >= 4 is 3.81 Å². The van der Waals surface area contributed by atoms with E-state index in [0.717, 1.165) is 12.0 Å². The zero-order valence-electron chi connectivity index (χ0n) is 14.7. The Morgan fingerprint density at radius 1 is 1.04 bits per heavy atom. The van der Waals surface area contributed by atoms with Crippen molar-refractivity contribution in [1.29, 1.82) is 0 Å². The molecule has 0 aliphatic heterocycles. The van der Waals surface area contributed by atoms with Gasteiger partial charge in [0.1, 0.15) is 0 Å². The molecule has 0 unspecified atom stereocenters. The molecule has 2 aliphatic rings. The Labute approximate surface area is 175 Å². The van der Waals surface area contributed by atoms with Gasteiger partial charge in [-0.25, -0.2) is 0 Å². The number of benzene rings is 2. The van der Waals surface area contributed by atoms with Gasteiger partial charge in [-0.15, -0.1) is 5.56 Å². The molecule has 0 nitrogen and oxygen atoms in total. The first kappa shape index (κ1) is 23.9. The van der Waals surface area contributed by atoms with Crippen molar-refractivity contribution < 1.29 is 44.8 Å². The number of rotatable bonds is 0. The monoisotopic (exact) mass is 402 g/mol. The zero-order chi connectivity index (χ0) is 16.7. The third-order valence-electron chi connectivity index (χ3n) is 3.30. The smallest absolute Gasteiger partial charge is 0.0253 e. The van der Waals surface area contributed by atoms with Gasteiger partial charge in [0, 0.05) is 0 Å². The summed E-state index contributed by atoms with van der Waals surface area (Å²) in [6.45, 7) is 6.16. The average molecular weight is 403 g/mol.